The van der Waals surface area contributed by atoms with E-state index in [-0.39, 0.29) is 18.6 Å². The van der Waals surface area contributed by atoms with Crippen molar-refractivity contribution in [2.24, 2.45) is 5.10 Å². The van der Waals surface area contributed by atoms with Gasteiger partial charge in [0.05, 0.1) is 12.3 Å². The number of furan rings is 1. The van der Waals surface area contributed by atoms with Crippen molar-refractivity contribution in [2.45, 2.75) is 19.4 Å². The molecule has 3 aromatic heterocycles. The molecule has 1 aliphatic rings. The normalized spacial score (nSPS) is 16.0. The summed E-state index contributed by atoms with van der Waals surface area (Å²) in [5.74, 6) is 0.820. The number of hydrogen-bond acceptors (Lipinski definition) is 7. The lowest BCUT2D eigenvalue weighted by Gasteiger charge is -2.20. The van der Waals surface area contributed by atoms with E-state index in [1.807, 2.05) is 36.6 Å². The quantitative estimate of drug-likeness (QED) is 0.432. The van der Waals surface area contributed by atoms with E-state index in [0.717, 1.165) is 21.5 Å². The molecule has 0 N–H and O–H groups in total. The molecule has 1 atom stereocenters. The van der Waals surface area contributed by atoms with E-state index in [1.165, 1.54) is 11.1 Å². The van der Waals surface area contributed by atoms with Gasteiger partial charge in [-0.1, -0.05) is 6.07 Å². The van der Waals surface area contributed by atoms with Crippen LogP contribution in [0, 0.1) is 6.92 Å². The molecular weight excluding hydrogens is 416 g/mol. The average molecular weight is 434 g/mol. The molecule has 31 heavy (non-hydrogen) atoms. The number of amides is 1. The largest absolute Gasteiger partial charge is 0.484 e. The maximum absolute atomic E-state index is 13.0. The second-order valence-corrected chi connectivity index (χ2v) is 8.17. The van der Waals surface area contributed by atoms with Crippen molar-refractivity contribution in [3.8, 4) is 5.75 Å². The zero-order valence-electron chi connectivity index (χ0n) is 16.6. The van der Waals surface area contributed by atoms with Gasteiger partial charge in [-0.25, -0.2) is 9.80 Å². The lowest BCUT2D eigenvalue weighted by molar-refractivity contribution is -0.135. The van der Waals surface area contributed by atoms with Gasteiger partial charge in [-0.05, 0) is 48.2 Å². The highest BCUT2D eigenvalue weighted by Crippen LogP contribution is 2.35. The molecule has 0 saturated carbocycles. The molecule has 0 aliphatic carbocycles. The van der Waals surface area contributed by atoms with E-state index in [9.17, 15) is 9.59 Å². The first-order valence-corrected chi connectivity index (χ1v) is 10.6. The van der Waals surface area contributed by atoms with E-state index in [4.69, 9.17) is 13.6 Å². The highest BCUT2D eigenvalue weighted by Gasteiger charge is 2.34. The number of carbonyl (C=O) groups is 1. The predicted molar refractivity (Wildman–Crippen MR) is 116 cm³/mol. The summed E-state index contributed by atoms with van der Waals surface area (Å²) in [5.41, 5.74) is 1.55. The first-order valence-electron chi connectivity index (χ1n) is 9.72. The Labute approximate surface area is 181 Å². The third kappa shape index (κ3) is 3.77. The van der Waals surface area contributed by atoms with Gasteiger partial charge in [0.1, 0.15) is 22.8 Å². The Bertz CT molecular complexity index is 1320. The molecule has 0 bridgehead atoms. The Balaban J connectivity index is 1.37. The Kier molecular flexibility index (Phi) is 4.91. The molecule has 156 valence electrons. The van der Waals surface area contributed by atoms with E-state index in [2.05, 4.69) is 5.10 Å². The molecule has 1 amide bonds. The Hall–Kier alpha value is -3.65. The molecule has 8 heteroatoms. The number of carbonyl (C=O) groups excluding carboxylic acids is 1. The Morgan fingerprint density at radius 2 is 2.16 bits per heavy atom. The highest BCUT2D eigenvalue weighted by atomic mass is 32.1. The number of thiophene rings is 1. The average Bonchev–Trinajstić information content (AvgIpc) is 3.52. The van der Waals surface area contributed by atoms with Gasteiger partial charge in [-0.2, -0.15) is 5.10 Å². The molecule has 1 aromatic carbocycles. The first kappa shape index (κ1) is 19.3. The van der Waals surface area contributed by atoms with Crippen molar-refractivity contribution in [1.82, 2.24) is 5.01 Å². The summed E-state index contributed by atoms with van der Waals surface area (Å²) in [6.45, 7) is 1.65. The van der Waals surface area contributed by atoms with Crippen LogP contribution in [0.15, 0.2) is 78.9 Å². The van der Waals surface area contributed by atoms with Gasteiger partial charge in [0.25, 0.3) is 5.91 Å². The number of hydrazone groups is 1. The van der Waals surface area contributed by atoms with Crippen LogP contribution in [-0.4, -0.2) is 23.2 Å². The predicted octanol–water partition coefficient (Wildman–Crippen LogP) is 4.51. The standard InChI is InChI=1S/C23H18N2O5S/c1-14-10-23(27)30-20-11-15(6-7-16(14)20)29-13-22(26)25-18(21-5-3-9-31-21)12-17(24-25)19-4-2-8-28-19/h2-11,18H,12-13H2,1H3/t18-/m0/s1. The van der Waals surface area contributed by atoms with Crippen molar-refractivity contribution < 1.29 is 18.4 Å². The number of hydrogen-bond donors (Lipinski definition) is 0. The summed E-state index contributed by atoms with van der Waals surface area (Å²) in [6.07, 6.45) is 2.16. The zero-order chi connectivity index (χ0) is 21.4. The molecule has 4 heterocycles. The van der Waals surface area contributed by atoms with Gasteiger partial charge in [0, 0.05) is 28.8 Å². The number of rotatable bonds is 5. The molecule has 1 aliphatic heterocycles. The fraction of sp³-hybridized carbons (Fsp3) is 0.174. The molecule has 7 nitrogen and oxygen atoms in total. The van der Waals surface area contributed by atoms with Crippen LogP contribution in [0.5, 0.6) is 5.75 Å². The smallest absolute Gasteiger partial charge is 0.336 e. The van der Waals surface area contributed by atoms with Crippen molar-refractivity contribution in [3.05, 3.63) is 86.8 Å². The van der Waals surface area contributed by atoms with E-state index < -0.39 is 5.63 Å². The number of aryl methyl sites for hydroxylation is 1. The minimum atomic E-state index is -0.422. The topological polar surface area (TPSA) is 85.2 Å². The van der Waals surface area contributed by atoms with Gasteiger partial charge < -0.3 is 13.6 Å². The summed E-state index contributed by atoms with van der Waals surface area (Å²) in [4.78, 5) is 25.7. The minimum absolute atomic E-state index is 0.196. The minimum Gasteiger partial charge on any atom is -0.484 e. The van der Waals surface area contributed by atoms with Crippen LogP contribution in [0.2, 0.25) is 0 Å². The van der Waals surface area contributed by atoms with E-state index >= 15 is 0 Å². The van der Waals surface area contributed by atoms with Crippen molar-refractivity contribution in [1.29, 1.82) is 0 Å². The van der Waals surface area contributed by atoms with Crippen LogP contribution in [0.25, 0.3) is 11.0 Å². The van der Waals surface area contributed by atoms with Crippen LogP contribution >= 0.6 is 11.3 Å². The van der Waals surface area contributed by atoms with Crippen LogP contribution in [0.1, 0.15) is 28.7 Å². The summed E-state index contributed by atoms with van der Waals surface area (Å²) >= 11 is 1.58. The highest BCUT2D eigenvalue weighted by molar-refractivity contribution is 7.10. The molecule has 0 spiro atoms. The number of fused-ring (bicyclic) bond motifs is 1. The van der Waals surface area contributed by atoms with Crippen molar-refractivity contribution in [2.75, 3.05) is 6.61 Å². The first-order chi connectivity index (χ1) is 15.1. The van der Waals surface area contributed by atoms with Gasteiger partial charge in [-0.15, -0.1) is 11.3 Å². The molecule has 0 saturated heterocycles. The van der Waals surface area contributed by atoms with Crippen LogP contribution < -0.4 is 10.4 Å². The second-order valence-electron chi connectivity index (χ2n) is 7.19. The van der Waals surface area contributed by atoms with E-state index in [0.29, 0.717) is 23.5 Å². The lowest BCUT2D eigenvalue weighted by Crippen LogP contribution is -2.31. The van der Waals surface area contributed by atoms with Crippen LogP contribution in [-0.2, 0) is 4.79 Å². The van der Waals surface area contributed by atoms with Gasteiger partial charge in [0.15, 0.2) is 6.61 Å². The van der Waals surface area contributed by atoms with E-state index in [1.54, 1.807) is 35.8 Å². The summed E-state index contributed by atoms with van der Waals surface area (Å²) in [6, 6.07) is 14.0. The van der Waals surface area contributed by atoms with Gasteiger partial charge in [0.2, 0.25) is 0 Å². The Morgan fingerprint density at radius 1 is 1.26 bits per heavy atom. The lowest BCUT2D eigenvalue weighted by atomic mass is 10.1. The number of benzene rings is 1. The van der Waals surface area contributed by atoms with Gasteiger partial charge >= 0.3 is 5.63 Å². The summed E-state index contributed by atoms with van der Waals surface area (Å²) < 4.78 is 16.4. The Morgan fingerprint density at radius 3 is 2.94 bits per heavy atom. The molecule has 5 rings (SSSR count). The zero-order valence-corrected chi connectivity index (χ0v) is 17.4. The monoisotopic (exact) mass is 434 g/mol. The second kappa shape index (κ2) is 7.88. The van der Waals surface area contributed by atoms with Crippen molar-refractivity contribution in [3.63, 3.8) is 0 Å². The van der Waals surface area contributed by atoms with Crippen LogP contribution in [0.4, 0.5) is 0 Å². The molecule has 0 radical (unpaired) electrons. The van der Waals surface area contributed by atoms with Crippen LogP contribution in [0.3, 0.4) is 0 Å². The van der Waals surface area contributed by atoms with Crippen molar-refractivity contribution >= 4 is 33.9 Å². The maximum Gasteiger partial charge on any atom is 0.336 e. The molecular formula is C23H18N2O5S. The third-order valence-corrected chi connectivity index (χ3v) is 6.10. The molecule has 0 unspecified atom stereocenters. The molecule has 4 aromatic rings. The SMILES string of the molecule is Cc1cc(=O)oc2cc(OCC(=O)N3N=C(c4ccco4)C[C@H]3c3cccs3)ccc12. The number of nitrogens with zero attached hydrogens (tertiary/aromatic N) is 2. The summed E-state index contributed by atoms with van der Waals surface area (Å²) in [5, 5.41) is 8.79. The summed E-state index contributed by atoms with van der Waals surface area (Å²) in [7, 11) is 0. The third-order valence-electron chi connectivity index (χ3n) is 5.13. The number of ether oxygens (including phenoxy) is 1. The molecule has 0 fully saturated rings. The fourth-order valence-electron chi connectivity index (χ4n) is 3.64. The fourth-order valence-corrected chi connectivity index (χ4v) is 4.45. The van der Waals surface area contributed by atoms with Gasteiger partial charge in [-0.3, -0.25) is 4.79 Å². The maximum atomic E-state index is 13.0.